The van der Waals surface area contributed by atoms with Crippen LogP contribution in [0.3, 0.4) is 0 Å². The van der Waals surface area contributed by atoms with Gasteiger partial charge in [0.05, 0.1) is 24.3 Å². The first-order chi connectivity index (χ1) is 25.5. The van der Waals surface area contributed by atoms with Gasteiger partial charge in [0, 0.05) is 87.0 Å². The number of benzene rings is 2. The van der Waals surface area contributed by atoms with E-state index in [1.807, 2.05) is 43.3 Å². The second-order valence-electron chi connectivity index (χ2n) is 14.6. The lowest BCUT2D eigenvalue weighted by molar-refractivity contribution is -0.185. The van der Waals surface area contributed by atoms with Crippen molar-refractivity contribution in [1.82, 2.24) is 19.9 Å². The summed E-state index contributed by atoms with van der Waals surface area (Å²) < 4.78 is 53.2. The maximum atomic E-state index is 14.0. The summed E-state index contributed by atoms with van der Waals surface area (Å²) in [6.45, 7) is 4.87. The number of ketones is 2. The Balaban J connectivity index is 0.000000205. The quantitative estimate of drug-likeness (QED) is 0.148. The average molecular weight is 745 g/mol. The van der Waals surface area contributed by atoms with Gasteiger partial charge in [0.25, 0.3) is 0 Å². The molecule has 3 fully saturated rings. The normalized spacial score (nSPS) is 19.2. The highest BCUT2D eigenvalue weighted by molar-refractivity contribution is 5.95. The van der Waals surface area contributed by atoms with Crippen LogP contribution in [0, 0.1) is 5.82 Å². The van der Waals surface area contributed by atoms with Gasteiger partial charge in [0.15, 0.2) is 17.4 Å². The molecule has 4 aromatic rings. The topological polar surface area (TPSA) is 104 Å². The Kier molecular flexibility index (Phi) is 13.2. The molecule has 2 aliphatic carbocycles. The number of carbonyl (C=O) groups excluding carboxylic acids is 2. The highest BCUT2D eigenvalue weighted by Crippen LogP contribution is 2.49. The Labute approximate surface area is 316 Å². The van der Waals surface area contributed by atoms with Gasteiger partial charge in [0.1, 0.15) is 17.5 Å². The van der Waals surface area contributed by atoms with Crippen LogP contribution in [-0.4, -0.2) is 56.4 Å². The first kappa shape index (κ1) is 40.8. The molecule has 3 aliphatic rings. The first-order valence-corrected chi connectivity index (χ1v) is 18.6. The third-order valence-electron chi connectivity index (χ3n) is 11.2. The summed E-state index contributed by atoms with van der Waals surface area (Å²) in [6.07, 6.45) is 11.9. The molecule has 0 bridgehead atoms. The number of carbonyl (C=O) groups is 2. The monoisotopic (exact) mass is 744 g/mol. The third-order valence-corrected chi connectivity index (χ3v) is 11.2. The van der Waals surface area contributed by atoms with Gasteiger partial charge in [-0.2, -0.15) is 0 Å². The van der Waals surface area contributed by atoms with Gasteiger partial charge in [0.2, 0.25) is 5.92 Å². The predicted molar refractivity (Wildman–Crippen MR) is 200 cm³/mol. The van der Waals surface area contributed by atoms with Gasteiger partial charge >= 0.3 is 0 Å². The molecule has 2 saturated carbocycles. The number of hydrogen-bond donors (Lipinski definition) is 0. The van der Waals surface area contributed by atoms with E-state index in [1.54, 1.807) is 43.8 Å². The molecule has 54 heavy (non-hydrogen) atoms. The maximum Gasteiger partial charge on any atom is 0.248 e. The fourth-order valence-electron chi connectivity index (χ4n) is 7.93. The molecule has 0 N–H and O–H groups in total. The lowest BCUT2D eigenvalue weighted by Crippen LogP contribution is -2.43. The van der Waals surface area contributed by atoms with E-state index in [-0.39, 0.29) is 48.5 Å². The molecule has 8 nitrogen and oxygen atoms in total. The van der Waals surface area contributed by atoms with Crippen molar-refractivity contribution < 1.29 is 32.2 Å². The molecule has 1 saturated heterocycles. The van der Waals surface area contributed by atoms with Crippen molar-refractivity contribution in [3.63, 3.8) is 0 Å². The summed E-state index contributed by atoms with van der Waals surface area (Å²) in [5.74, 6) is -2.02. The molecule has 1 spiro atoms. The minimum absolute atomic E-state index is 0. The van der Waals surface area contributed by atoms with Crippen LogP contribution < -0.4 is 0 Å². The van der Waals surface area contributed by atoms with Gasteiger partial charge < -0.3 is 9.47 Å². The van der Waals surface area contributed by atoms with Crippen molar-refractivity contribution in [2.45, 2.75) is 121 Å². The Morgan fingerprint density at radius 3 is 1.54 bits per heavy atom. The van der Waals surface area contributed by atoms with E-state index in [2.05, 4.69) is 19.9 Å². The number of halogens is 3. The molecule has 7 rings (SSSR count). The zero-order valence-corrected chi connectivity index (χ0v) is 30.5. The fourth-order valence-corrected chi connectivity index (χ4v) is 7.93. The van der Waals surface area contributed by atoms with E-state index in [0.717, 1.165) is 36.8 Å². The summed E-state index contributed by atoms with van der Waals surface area (Å²) in [4.78, 5) is 41.1. The van der Waals surface area contributed by atoms with Crippen LogP contribution in [0.2, 0.25) is 0 Å². The second-order valence-corrected chi connectivity index (χ2v) is 14.6. The van der Waals surface area contributed by atoms with Crippen LogP contribution in [0.25, 0.3) is 0 Å². The summed E-state index contributed by atoms with van der Waals surface area (Å²) in [5, 5.41) is 0. The Morgan fingerprint density at radius 1 is 0.630 bits per heavy atom. The van der Waals surface area contributed by atoms with Crippen LogP contribution in [-0.2, 0) is 33.1 Å². The molecule has 2 aromatic heterocycles. The summed E-state index contributed by atoms with van der Waals surface area (Å²) in [5.41, 5.74) is 2.38. The van der Waals surface area contributed by atoms with Gasteiger partial charge in [-0.05, 0) is 48.9 Å². The predicted octanol–water partition coefficient (Wildman–Crippen LogP) is 9.40. The molecule has 0 unspecified atom stereocenters. The van der Waals surface area contributed by atoms with E-state index in [9.17, 15) is 22.8 Å². The number of alkyl halides is 2. The molecule has 11 heteroatoms. The Bertz CT molecular complexity index is 1830. The van der Waals surface area contributed by atoms with Crippen molar-refractivity contribution in [3.8, 4) is 0 Å². The first-order valence-electron chi connectivity index (χ1n) is 18.6. The van der Waals surface area contributed by atoms with Gasteiger partial charge in [-0.3, -0.25) is 9.59 Å². The summed E-state index contributed by atoms with van der Waals surface area (Å²) >= 11 is 0. The van der Waals surface area contributed by atoms with E-state index in [1.165, 1.54) is 6.07 Å². The van der Waals surface area contributed by atoms with E-state index < -0.39 is 11.7 Å². The van der Waals surface area contributed by atoms with Gasteiger partial charge in [-0.25, -0.2) is 33.1 Å². The largest absolute Gasteiger partial charge is 0.348 e. The Hall–Kier alpha value is -4.35. The van der Waals surface area contributed by atoms with Crippen LogP contribution in [0.5, 0.6) is 0 Å². The molecule has 288 valence electrons. The molecular formula is C43H51F3N4O4. The van der Waals surface area contributed by atoms with Crippen molar-refractivity contribution in [2.75, 3.05) is 13.2 Å². The number of Topliss-reactive ketones (excluding diaryl/α,β-unsaturated/α-hetero) is 2. The minimum Gasteiger partial charge on any atom is -0.348 e. The average Bonchev–Trinajstić information content (AvgIpc) is 3.65. The van der Waals surface area contributed by atoms with Crippen LogP contribution in [0.15, 0.2) is 79.4 Å². The fraction of sp³-hybridized carbons (Fsp3) is 0.488. The molecule has 0 amide bonds. The maximum absolute atomic E-state index is 14.0. The van der Waals surface area contributed by atoms with E-state index in [4.69, 9.17) is 9.47 Å². The highest BCUT2D eigenvalue weighted by Gasteiger charge is 2.48. The molecule has 0 atom stereocenters. The van der Waals surface area contributed by atoms with Crippen molar-refractivity contribution in [1.29, 1.82) is 0 Å². The van der Waals surface area contributed by atoms with E-state index >= 15 is 0 Å². The number of hydrogen-bond acceptors (Lipinski definition) is 8. The zero-order chi connectivity index (χ0) is 37.5. The van der Waals surface area contributed by atoms with E-state index in [0.29, 0.717) is 74.5 Å². The standard InChI is InChI=1S/C22H25FN2O3.C20H22F2N2O.CH4/c1-2-19(26)16-14-24-20(25-15-16)13-21(17-4-3-5-18(23)12-17)6-8-22(9-7-21)27-10-11-28-22;1-2-17(25)15-13-23-18(24-14-15)12-19(16-6-4-3-5-7-16)8-10-20(21,22)11-9-19;/h3-5,12,14-15H,2,6-11,13H2,1H3;3-7,13-14H,2,8-12H2,1H3;1H4. The van der Waals surface area contributed by atoms with Crippen molar-refractivity contribution >= 4 is 11.6 Å². The molecule has 3 heterocycles. The number of rotatable bonds is 10. The number of aromatic nitrogens is 4. The summed E-state index contributed by atoms with van der Waals surface area (Å²) in [7, 11) is 0. The van der Waals surface area contributed by atoms with Gasteiger partial charge in [-0.15, -0.1) is 0 Å². The number of ether oxygens (including phenoxy) is 2. The Morgan fingerprint density at radius 2 is 1.07 bits per heavy atom. The van der Waals surface area contributed by atoms with Crippen LogP contribution in [0.4, 0.5) is 13.2 Å². The SMILES string of the molecule is C.CCC(=O)c1cnc(CC2(c3cccc(F)c3)CCC3(CC2)OCCO3)nc1.CCC(=O)c1cnc(CC2(c3ccccc3)CCC(F)(F)CC2)nc1. The number of nitrogens with zero attached hydrogens (tertiary/aromatic N) is 4. The van der Waals surface area contributed by atoms with Crippen molar-refractivity contribution in [3.05, 3.63) is 119 Å². The zero-order valence-electron chi connectivity index (χ0n) is 30.5. The molecule has 0 radical (unpaired) electrons. The highest BCUT2D eigenvalue weighted by atomic mass is 19.3. The van der Waals surface area contributed by atoms with Crippen LogP contribution >= 0.6 is 0 Å². The van der Waals surface area contributed by atoms with Gasteiger partial charge in [-0.1, -0.05) is 63.7 Å². The summed E-state index contributed by atoms with van der Waals surface area (Å²) in [6, 6.07) is 16.6. The van der Waals surface area contributed by atoms with Crippen molar-refractivity contribution in [2.24, 2.45) is 0 Å². The van der Waals surface area contributed by atoms with Crippen LogP contribution in [0.1, 0.15) is 129 Å². The second kappa shape index (κ2) is 17.4. The smallest absolute Gasteiger partial charge is 0.248 e. The lowest BCUT2D eigenvalue weighted by Gasteiger charge is -2.44. The molecular weight excluding hydrogens is 693 g/mol. The molecule has 1 aliphatic heterocycles. The minimum atomic E-state index is -2.59. The molecule has 2 aromatic carbocycles. The third kappa shape index (κ3) is 9.47. The lowest BCUT2D eigenvalue weighted by atomic mass is 9.65.